The molecule has 0 bridgehead atoms. The van der Waals surface area contributed by atoms with E-state index in [9.17, 15) is 0 Å². The van der Waals surface area contributed by atoms with Crippen LogP contribution in [0.1, 0.15) is 5.56 Å². The van der Waals surface area contributed by atoms with Crippen molar-refractivity contribution in [1.29, 1.82) is 0 Å². The second-order valence-electron chi connectivity index (χ2n) is 6.45. The fraction of sp³-hybridized carbons (Fsp3) is 0.316. The van der Waals surface area contributed by atoms with Crippen LogP contribution in [0.25, 0.3) is 10.9 Å². The van der Waals surface area contributed by atoms with Gasteiger partial charge in [-0.05, 0) is 23.8 Å². The van der Waals surface area contributed by atoms with E-state index in [2.05, 4.69) is 63.4 Å². The third-order valence-electron chi connectivity index (χ3n) is 4.84. The summed E-state index contributed by atoms with van der Waals surface area (Å²) in [6, 6.07) is 17.3. The second kappa shape index (κ2) is 6.42. The minimum absolute atomic E-state index is 0.817. The molecule has 0 amide bonds. The molecule has 1 fully saturated rings. The Morgan fingerprint density at radius 3 is 2.50 bits per heavy atom. The van der Waals surface area contributed by atoms with Crippen LogP contribution in [0.15, 0.2) is 48.5 Å². The smallest absolute Gasteiger partial charge is 0.127 e. The van der Waals surface area contributed by atoms with Crippen LogP contribution in [0.4, 0.5) is 5.69 Å². The lowest BCUT2D eigenvalue weighted by molar-refractivity contribution is 0.250. The lowest BCUT2D eigenvalue weighted by atomic mass is 10.1. The first-order valence-electron chi connectivity index (χ1n) is 8.41. The summed E-state index contributed by atoms with van der Waals surface area (Å²) in [5.74, 6) is 0. The molecule has 1 aromatic heterocycles. The van der Waals surface area contributed by atoms with Crippen molar-refractivity contribution < 1.29 is 0 Å². The SMILES string of the molecule is Cn1[nH]c(=S)c2cc(N3CCN(Cc4ccccc4)CC3)ccc21. The van der Waals surface area contributed by atoms with Crippen LogP contribution < -0.4 is 4.90 Å². The molecule has 0 spiro atoms. The standard InChI is InChI=1S/C19H22N4S/c1-21-18-8-7-16(13-17(18)19(24)20-21)23-11-9-22(10-12-23)14-15-5-3-2-4-6-15/h2-8,13H,9-12,14H2,1H3,(H,20,24). The lowest BCUT2D eigenvalue weighted by Crippen LogP contribution is -2.45. The van der Waals surface area contributed by atoms with E-state index >= 15 is 0 Å². The maximum Gasteiger partial charge on any atom is 0.127 e. The Kier molecular flexibility index (Phi) is 4.12. The van der Waals surface area contributed by atoms with Crippen molar-refractivity contribution in [2.45, 2.75) is 6.54 Å². The number of hydrogen-bond acceptors (Lipinski definition) is 3. The van der Waals surface area contributed by atoms with Gasteiger partial charge in [0.2, 0.25) is 0 Å². The number of nitrogens with one attached hydrogen (secondary N) is 1. The number of nitrogens with zero attached hydrogens (tertiary/aromatic N) is 3. The summed E-state index contributed by atoms with van der Waals surface area (Å²) in [5.41, 5.74) is 3.82. The number of rotatable bonds is 3. The quantitative estimate of drug-likeness (QED) is 0.740. The minimum atomic E-state index is 0.817. The van der Waals surface area contributed by atoms with E-state index in [4.69, 9.17) is 12.2 Å². The number of piperazine rings is 1. The van der Waals surface area contributed by atoms with E-state index in [0.29, 0.717) is 0 Å². The van der Waals surface area contributed by atoms with Gasteiger partial charge in [0.15, 0.2) is 0 Å². The molecule has 4 rings (SSSR count). The number of hydrogen-bond donors (Lipinski definition) is 1. The Bertz CT molecular complexity index is 889. The summed E-state index contributed by atoms with van der Waals surface area (Å²) in [7, 11) is 2.00. The number of aromatic amines is 1. The first-order valence-corrected chi connectivity index (χ1v) is 8.81. The molecule has 0 aliphatic carbocycles. The predicted molar refractivity (Wildman–Crippen MR) is 102 cm³/mol. The number of H-pyrrole nitrogens is 1. The van der Waals surface area contributed by atoms with Gasteiger partial charge in [0, 0.05) is 50.8 Å². The molecule has 124 valence electrons. The van der Waals surface area contributed by atoms with Crippen molar-refractivity contribution in [2.75, 3.05) is 31.1 Å². The highest BCUT2D eigenvalue weighted by Gasteiger charge is 2.18. The van der Waals surface area contributed by atoms with Gasteiger partial charge in [-0.3, -0.25) is 14.7 Å². The van der Waals surface area contributed by atoms with Gasteiger partial charge in [-0.25, -0.2) is 0 Å². The van der Waals surface area contributed by atoms with Crippen molar-refractivity contribution in [3.05, 3.63) is 58.7 Å². The molecule has 2 aromatic carbocycles. The summed E-state index contributed by atoms with van der Waals surface area (Å²) >= 11 is 5.42. The molecule has 1 aliphatic heterocycles. The van der Waals surface area contributed by atoms with E-state index in [1.54, 1.807) is 0 Å². The summed E-state index contributed by atoms with van der Waals surface area (Å²) < 4.78 is 2.80. The molecule has 1 N–H and O–H groups in total. The van der Waals surface area contributed by atoms with Crippen LogP contribution in [0.5, 0.6) is 0 Å². The largest absolute Gasteiger partial charge is 0.369 e. The molecule has 2 heterocycles. The molecule has 0 radical (unpaired) electrons. The highest BCUT2D eigenvalue weighted by atomic mass is 32.1. The first kappa shape index (κ1) is 15.4. The van der Waals surface area contributed by atoms with Crippen molar-refractivity contribution in [2.24, 2.45) is 7.05 Å². The van der Waals surface area contributed by atoms with E-state index in [-0.39, 0.29) is 0 Å². The van der Waals surface area contributed by atoms with Gasteiger partial charge < -0.3 is 4.90 Å². The van der Waals surface area contributed by atoms with Crippen LogP contribution in [-0.2, 0) is 13.6 Å². The molecule has 1 aliphatic rings. The Balaban J connectivity index is 1.46. The van der Waals surface area contributed by atoms with Crippen LogP contribution in [0, 0.1) is 4.64 Å². The average Bonchev–Trinajstić information content (AvgIpc) is 2.90. The normalized spacial score (nSPS) is 16.0. The first-order chi connectivity index (χ1) is 11.7. The van der Waals surface area contributed by atoms with Gasteiger partial charge in [-0.2, -0.15) is 0 Å². The molecular weight excluding hydrogens is 316 g/mol. The highest BCUT2D eigenvalue weighted by Crippen LogP contribution is 2.24. The molecule has 3 aromatic rings. The molecular formula is C19H22N4S. The third-order valence-corrected chi connectivity index (χ3v) is 5.15. The topological polar surface area (TPSA) is 27.2 Å². The molecule has 0 atom stereocenters. The Morgan fingerprint density at radius 2 is 1.75 bits per heavy atom. The fourth-order valence-corrected chi connectivity index (χ4v) is 3.77. The monoisotopic (exact) mass is 338 g/mol. The summed E-state index contributed by atoms with van der Waals surface area (Å²) in [4.78, 5) is 4.99. The zero-order valence-electron chi connectivity index (χ0n) is 13.9. The van der Waals surface area contributed by atoms with Gasteiger partial charge in [-0.1, -0.05) is 42.5 Å². The number of benzene rings is 2. The second-order valence-corrected chi connectivity index (χ2v) is 6.86. The van der Waals surface area contributed by atoms with Crippen molar-refractivity contribution in [3.8, 4) is 0 Å². The Labute approximate surface area is 147 Å². The minimum Gasteiger partial charge on any atom is -0.369 e. The molecule has 4 nitrogen and oxygen atoms in total. The summed E-state index contributed by atoms with van der Waals surface area (Å²) in [6.07, 6.45) is 0. The van der Waals surface area contributed by atoms with Crippen molar-refractivity contribution in [3.63, 3.8) is 0 Å². The Hall–Kier alpha value is -2.11. The fourth-order valence-electron chi connectivity index (χ4n) is 3.47. The molecule has 5 heteroatoms. The molecule has 0 unspecified atom stereocenters. The highest BCUT2D eigenvalue weighted by molar-refractivity contribution is 7.71. The number of fused-ring (bicyclic) bond motifs is 1. The Morgan fingerprint density at radius 1 is 1.00 bits per heavy atom. The maximum absolute atomic E-state index is 5.42. The van der Waals surface area contributed by atoms with E-state index in [0.717, 1.165) is 48.3 Å². The van der Waals surface area contributed by atoms with E-state index in [1.807, 2.05) is 11.7 Å². The van der Waals surface area contributed by atoms with Crippen LogP contribution in [0.3, 0.4) is 0 Å². The van der Waals surface area contributed by atoms with E-state index < -0.39 is 0 Å². The zero-order chi connectivity index (χ0) is 16.5. The molecule has 24 heavy (non-hydrogen) atoms. The lowest BCUT2D eigenvalue weighted by Gasteiger charge is -2.36. The van der Waals surface area contributed by atoms with Gasteiger partial charge in [0.25, 0.3) is 0 Å². The van der Waals surface area contributed by atoms with Gasteiger partial charge in [-0.15, -0.1) is 0 Å². The predicted octanol–water partition coefficient (Wildman–Crippen LogP) is 3.56. The van der Waals surface area contributed by atoms with Gasteiger partial charge in [0.05, 0.1) is 5.52 Å². The molecule has 1 saturated heterocycles. The molecule has 0 saturated carbocycles. The number of aromatic nitrogens is 2. The number of anilines is 1. The average molecular weight is 338 g/mol. The maximum atomic E-state index is 5.42. The summed E-state index contributed by atoms with van der Waals surface area (Å²) in [5, 5.41) is 4.32. The van der Waals surface area contributed by atoms with E-state index in [1.165, 1.54) is 11.3 Å². The number of aryl methyl sites for hydroxylation is 1. The summed E-state index contributed by atoms with van der Waals surface area (Å²) in [6.45, 7) is 5.34. The zero-order valence-corrected chi connectivity index (χ0v) is 14.7. The van der Waals surface area contributed by atoms with Crippen LogP contribution in [0.2, 0.25) is 0 Å². The van der Waals surface area contributed by atoms with Crippen LogP contribution in [-0.4, -0.2) is 40.9 Å². The van der Waals surface area contributed by atoms with Gasteiger partial charge in [0.1, 0.15) is 4.64 Å². The van der Waals surface area contributed by atoms with Gasteiger partial charge >= 0.3 is 0 Å². The van der Waals surface area contributed by atoms with Crippen molar-refractivity contribution >= 4 is 28.8 Å². The van der Waals surface area contributed by atoms with Crippen molar-refractivity contribution in [1.82, 2.24) is 14.7 Å². The third kappa shape index (κ3) is 2.97. The van der Waals surface area contributed by atoms with Crippen LogP contribution >= 0.6 is 12.2 Å².